The fourth-order valence-electron chi connectivity index (χ4n) is 1.03. The van der Waals surface area contributed by atoms with Crippen molar-refractivity contribution in [1.29, 1.82) is 0 Å². The lowest BCUT2D eigenvalue weighted by Crippen LogP contribution is -1.98. The first kappa shape index (κ1) is 10.4. The molecule has 0 N–H and O–H groups in total. The number of methoxy groups -OCH3 is 1. The van der Waals surface area contributed by atoms with Crippen molar-refractivity contribution in [2.75, 3.05) is 12.4 Å². The Morgan fingerprint density at radius 1 is 1.31 bits per heavy atom. The van der Waals surface area contributed by atoms with E-state index in [4.69, 9.17) is 4.74 Å². The molecule has 0 aliphatic heterocycles. The number of hydrogen-bond acceptors (Lipinski definition) is 1. The van der Waals surface area contributed by atoms with Gasteiger partial charge in [-0.3, -0.25) is 0 Å². The maximum Gasteiger partial charge on any atom is 0.133 e. The molecule has 0 spiro atoms. The fourth-order valence-corrected chi connectivity index (χ4v) is 1.43. The topological polar surface area (TPSA) is 9.23 Å². The molecular formula is C9H9BrF2O. The van der Waals surface area contributed by atoms with Crippen LogP contribution in [0.4, 0.5) is 8.78 Å². The van der Waals surface area contributed by atoms with E-state index in [0.717, 1.165) is 0 Å². The first-order valence-corrected chi connectivity index (χ1v) is 4.89. The molecule has 0 aliphatic rings. The van der Waals surface area contributed by atoms with Crippen LogP contribution in [0.3, 0.4) is 0 Å². The third-order valence-corrected chi connectivity index (χ3v) is 2.09. The highest BCUT2D eigenvalue weighted by Gasteiger charge is 2.10. The third kappa shape index (κ3) is 2.40. The average molecular weight is 251 g/mol. The van der Waals surface area contributed by atoms with Crippen LogP contribution in [-0.4, -0.2) is 12.4 Å². The summed E-state index contributed by atoms with van der Waals surface area (Å²) in [5.74, 6) is -0.916. The van der Waals surface area contributed by atoms with Crippen molar-refractivity contribution in [3.8, 4) is 5.75 Å². The van der Waals surface area contributed by atoms with Gasteiger partial charge in [-0.25, -0.2) is 8.78 Å². The summed E-state index contributed by atoms with van der Waals surface area (Å²) in [6, 6.07) is 2.36. The molecule has 72 valence electrons. The molecule has 0 bridgehead atoms. The Hall–Kier alpha value is -0.640. The highest BCUT2D eigenvalue weighted by atomic mass is 79.9. The Bertz CT molecular complexity index is 279. The van der Waals surface area contributed by atoms with E-state index in [2.05, 4.69) is 15.9 Å². The molecule has 0 radical (unpaired) electrons. The lowest BCUT2D eigenvalue weighted by Gasteiger charge is -2.05. The molecule has 4 heteroatoms. The summed E-state index contributed by atoms with van der Waals surface area (Å²) in [5.41, 5.74) is 0.0951. The van der Waals surface area contributed by atoms with Gasteiger partial charge in [-0.2, -0.15) is 0 Å². The number of alkyl halides is 1. The van der Waals surface area contributed by atoms with Gasteiger partial charge in [0.15, 0.2) is 0 Å². The standard InChI is InChI=1S/C9H9BrF2O/c1-13-6-4-8(11)7(2-3-10)9(12)5-6/h4-5H,2-3H2,1H3. The maximum absolute atomic E-state index is 13.1. The SMILES string of the molecule is COc1cc(F)c(CCBr)c(F)c1. The summed E-state index contributed by atoms with van der Waals surface area (Å²) >= 11 is 3.13. The van der Waals surface area contributed by atoms with E-state index in [1.165, 1.54) is 19.2 Å². The molecule has 0 amide bonds. The summed E-state index contributed by atoms with van der Waals surface area (Å²) in [6.07, 6.45) is 0.335. The normalized spacial score (nSPS) is 10.2. The van der Waals surface area contributed by atoms with Gasteiger partial charge in [0.25, 0.3) is 0 Å². The molecule has 0 aromatic heterocycles. The van der Waals surface area contributed by atoms with E-state index >= 15 is 0 Å². The Morgan fingerprint density at radius 2 is 1.85 bits per heavy atom. The van der Waals surface area contributed by atoms with Crippen LogP contribution in [0.2, 0.25) is 0 Å². The van der Waals surface area contributed by atoms with Gasteiger partial charge in [0, 0.05) is 23.0 Å². The summed E-state index contributed by atoms with van der Waals surface area (Å²) < 4.78 is 31.0. The maximum atomic E-state index is 13.1. The second-order valence-electron chi connectivity index (χ2n) is 2.51. The minimum atomic E-state index is -0.559. The van der Waals surface area contributed by atoms with Gasteiger partial charge in [0.1, 0.15) is 17.4 Å². The van der Waals surface area contributed by atoms with Crippen LogP contribution in [0.25, 0.3) is 0 Å². The lowest BCUT2D eigenvalue weighted by molar-refractivity contribution is 0.405. The molecule has 1 aromatic rings. The second-order valence-corrected chi connectivity index (χ2v) is 3.30. The van der Waals surface area contributed by atoms with E-state index in [9.17, 15) is 8.78 Å². The number of rotatable bonds is 3. The van der Waals surface area contributed by atoms with Crippen molar-refractivity contribution in [1.82, 2.24) is 0 Å². The molecule has 0 saturated carbocycles. The van der Waals surface area contributed by atoms with Crippen LogP contribution in [0.5, 0.6) is 5.75 Å². The molecule has 0 atom stereocenters. The van der Waals surface area contributed by atoms with Crippen molar-refractivity contribution >= 4 is 15.9 Å². The summed E-state index contributed by atoms with van der Waals surface area (Å²) in [5, 5.41) is 0.535. The average Bonchev–Trinajstić information content (AvgIpc) is 2.11. The van der Waals surface area contributed by atoms with Crippen molar-refractivity contribution in [3.05, 3.63) is 29.3 Å². The minimum absolute atomic E-state index is 0.0951. The van der Waals surface area contributed by atoms with Gasteiger partial charge < -0.3 is 4.74 Å². The molecule has 0 fully saturated rings. The zero-order chi connectivity index (χ0) is 9.84. The van der Waals surface area contributed by atoms with E-state index in [1.807, 2.05) is 0 Å². The quantitative estimate of drug-likeness (QED) is 0.750. The molecule has 0 saturated heterocycles. The number of ether oxygens (including phenoxy) is 1. The Kier molecular flexibility index (Phi) is 3.66. The second kappa shape index (κ2) is 4.56. The summed E-state index contributed by atoms with van der Waals surface area (Å²) in [6.45, 7) is 0. The van der Waals surface area contributed by atoms with Gasteiger partial charge in [0.2, 0.25) is 0 Å². The minimum Gasteiger partial charge on any atom is -0.497 e. The third-order valence-electron chi connectivity index (χ3n) is 1.69. The first-order valence-electron chi connectivity index (χ1n) is 3.77. The molecule has 1 rings (SSSR count). The van der Waals surface area contributed by atoms with Gasteiger partial charge in [-0.05, 0) is 6.42 Å². The molecule has 13 heavy (non-hydrogen) atoms. The van der Waals surface area contributed by atoms with E-state index in [-0.39, 0.29) is 11.3 Å². The molecule has 0 aliphatic carbocycles. The van der Waals surface area contributed by atoms with Crippen LogP contribution in [-0.2, 0) is 6.42 Å². The molecule has 0 unspecified atom stereocenters. The Balaban J connectivity index is 3.07. The zero-order valence-electron chi connectivity index (χ0n) is 7.11. The van der Waals surface area contributed by atoms with Gasteiger partial charge in [-0.15, -0.1) is 0 Å². The van der Waals surface area contributed by atoms with Gasteiger partial charge >= 0.3 is 0 Å². The summed E-state index contributed by atoms with van der Waals surface area (Å²) in [7, 11) is 1.37. The predicted molar refractivity (Wildman–Crippen MR) is 50.4 cm³/mol. The highest BCUT2D eigenvalue weighted by Crippen LogP contribution is 2.21. The van der Waals surface area contributed by atoms with E-state index < -0.39 is 11.6 Å². The van der Waals surface area contributed by atoms with Crippen LogP contribution in [0.1, 0.15) is 5.56 Å². The van der Waals surface area contributed by atoms with E-state index in [0.29, 0.717) is 11.8 Å². The Labute approximate surface area is 83.8 Å². The fraction of sp³-hybridized carbons (Fsp3) is 0.333. The van der Waals surface area contributed by atoms with Crippen LogP contribution in [0.15, 0.2) is 12.1 Å². The largest absolute Gasteiger partial charge is 0.497 e. The monoisotopic (exact) mass is 250 g/mol. The number of halogens is 3. The molecule has 1 aromatic carbocycles. The van der Waals surface area contributed by atoms with Gasteiger partial charge in [0.05, 0.1) is 7.11 Å². The first-order chi connectivity index (χ1) is 6.19. The number of benzene rings is 1. The van der Waals surface area contributed by atoms with Crippen molar-refractivity contribution in [2.24, 2.45) is 0 Å². The van der Waals surface area contributed by atoms with E-state index in [1.54, 1.807) is 0 Å². The Morgan fingerprint density at radius 3 is 2.23 bits per heavy atom. The predicted octanol–water partition coefficient (Wildman–Crippen LogP) is 2.91. The summed E-state index contributed by atoms with van der Waals surface area (Å²) in [4.78, 5) is 0. The highest BCUT2D eigenvalue weighted by molar-refractivity contribution is 9.09. The van der Waals surface area contributed by atoms with Crippen LogP contribution >= 0.6 is 15.9 Å². The molecule has 1 nitrogen and oxygen atoms in total. The smallest absolute Gasteiger partial charge is 0.133 e. The van der Waals surface area contributed by atoms with Crippen molar-refractivity contribution in [2.45, 2.75) is 6.42 Å². The van der Waals surface area contributed by atoms with Crippen LogP contribution in [0, 0.1) is 11.6 Å². The van der Waals surface area contributed by atoms with Crippen molar-refractivity contribution in [3.63, 3.8) is 0 Å². The molecular weight excluding hydrogens is 242 g/mol. The lowest BCUT2D eigenvalue weighted by atomic mass is 10.1. The number of hydrogen-bond donors (Lipinski definition) is 0. The zero-order valence-corrected chi connectivity index (χ0v) is 8.70. The van der Waals surface area contributed by atoms with Gasteiger partial charge in [-0.1, -0.05) is 15.9 Å². The van der Waals surface area contributed by atoms with Crippen molar-refractivity contribution < 1.29 is 13.5 Å². The van der Waals surface area contributed by atoms with Crippen LogP contribution < -0.4 is 4.74 Å². The molecule has 0 heterocycles.